The maximum Gasteiger partial charge on any atom is 0.343 e. The summed E-state index contributed by atoms with van der Waals surface area (Å²) in [5.74, 6) is 0.566. The van der Waals surface area contributed by atoms with Gasteiger partial charge in [-0.25, -0.2) is 9.59 Å². The molecule has 0 fully saturated rings. The van der Waals surface area contributed by atoms with Crippen LogP contribution in [-0.2, 0) is 0 Å². The van der Waals surface area contributed by atoms with Crippen molar-refractivity contribution >= 4 is 16.9 Å². The lowest BCUT2D eigenvalue weighted by Gasteiger charge is -2.08. The first-order valence-corrected chi connectivity index (χ1v) is 9.14. The second kappa shape index (κ2) is 9.03. The van der Waals surface area contributed by atoms with E-state index >= 15 is 0 Å². The van der Waals surface area contributed by atoms with Gasteiger partial charge in [-0.2, -0.15) is 0 Å². The molecule has 0 saturated heterocycles. The Labute approximate surface area is 157 Å². The van der Waals surface area contributed by atoms with Gasteiger partial charge >= 0.3 is 11.6 Å². The molecule has 0 amide bonds. The number of fused-ring (bicyclic) bond motifs is 1. The van der Waals surface area contributed by atoms with Crippen molar-refractivity contribution in [3.05, 3.63) is 70.6 Å². The Morgan fingerprint density at radius 1 is 0.926 bits per heavy atom. The van der Waals surface area contributed by atoms with E-state index in [1.807, 2.05) is 0 Å². The summed E-state index contributed by atoms with van der Waals surface area (Å²) in [4.78, 5) is 23.6. The molecule has 0 aliphatic rings. The fraction of sp³-hybridized carbons (Fsp3) is 0.273. The highest BCUT2D eigenvalue weighted by Gasteiger charge is 2.10. The molecule has 0 N–H and O–H groups in total. The Balaban J connectivity index is 1.60. The summed E-state index contributed by atoms with van der Waals surface area (Å²) in [6.45, 7) is 2.85. The molecule has 0 spiro atoms. The van der Waals surface area contributed by atoms with Crippen LogP contribution in [0.2, 0.25) is 0 Å². The SMILES string of the molecule is CCCCCCOc1ccc(C(=O)Oc2ccc3ccc(=O)oc3c2)cc1. The Bertz CT molecular complexity index is 956. The molecule has 0 saturated carbocycles. The van der Waals surface area contributed by atoms with Gasteiger partial charge in [0.25, 0.3) is 0 Å². The molecule has 27 heavy (non-hydrogen) atoms. The quantitative estimate of drug-likeness (QED) is 0.244. The van der Waals surface area contributed by atoms with E-state index in [-0.39, 0.29) is 0 Å². The number of carbonyl (C=O) groups excluding carboxylic acids is 1. The van der Waals surface area contributed by atoms with Crippen molar-refractivity contribution in [1.82, 2.24) is 0 Å². The van der Waals surface area contributed by atoms with Crippen molar-refractivity contribution in [2.75, 3.05) is 6.61 Å². The lowest BCUT2D eigenvalue weighted by Crippen LogP contribution is -2.08. The van der Waals surface area contributed by atoms with Crippen molar-refractivity contribution in [3.63, 3.8) is 0 Å². The van der Waals surface area contributed by atoms with Crippen molar-refractivity contribution in [2.45, 2.75) is 32.6 Å². The molecule has 0 radical (unpaired) electrons. The van der Waals surface area contributed by atoms with Crippen LogP contribution in [0.15, 0.2) is 63.8 Å². The number of ether oxygens (including phenoxy) is 2. The predicted molar refractivity (Wildman–Crippen MR) is 104 cm³/mol. The van der Waals surface area contributed by atoms with E-state index in [0.717, 1.165) is 24.0 Å². The third kappa shape index (κ3) is 5.20. The summed E-state index contributed by atoms with van der Waals surface area (Å²) in [5.41, 5.74) is 0.346. The first kappa shape index (κ1) is 18.7. The van der Waals surface area contributed by atoms with Gasteiger partial charge in [0.1, 0.15) is 17.1 Å². The molecule has 1 aromatic heterocycles. The highest BCUT2D eigenvalue weighted by molar-refractivity contribution is 5.91. The third-order valence-electron chi connectivity index (χ3n) is 4.16. The van der Waals surface area contributed by atoms with Crippen LogP contribution in [0.1, 0.15) is 43.0 Å². The van der Waals surface area contributed by atoms with Gasteiger partial charge in [0.05, 0.1) is 12.2 Å². The van der Waals surface area contributed by atoms with E-state index in [0.29, 0.717) is 23.5 Å². The molecule has 0 bridgehead atoms. The van der Waals surface area contributed by atoms with Crippen molar-refractivity contribution in [1.29, 1.82) is 0 Å². The molecule has 140 valence electrons. The number of hydrogen-bond acceptors (Lipinski definition) is 5. The minimum atomic E-state index is -0.484. The van der Waals surface area contributed by atoms with Gasteiger partial charge in [-0.15, -0.1) is 0 Å². The van der Waals surface area contributed by atoms with E-state index in [4.69, 9.17) is 13.9 Å². The summed E-state index contributed by atoms with van der Waals surface area (Å²) < 4.78 is 16.1. The zero-order valence-electron chi connectivity index (χ0n) is 15.3. The minimum Gasteiger partial charge on any atom is -0.494 e. The van der Waals surface area contributed by atoms with Gasteiger partial charge in [-0.1, -0.05) is 26.2 Å². The summed E-state index contributed by atoms with van der Waals surface area (Å²) in [6.07, 6.45) is 4.59. The lowest BCUT2D eigenvalue weighted by atomic mass is 10.2. The third-order valence-corrected chi connectivity index (χ3v) is 4.16. The standard InChI is InChI=1S/C22H22O5/c1-2-3-4-5-14-25-18-10-7-17(8-11-18)22(24)26-19-12-6-16-9-13-21(23)27-20(16)15-19/h6-13,15H,2-5,14H2,1H3. The van der Waals surface area contributed by atoms with Gasteiger partial charge in [0.2, 0.25) is 0 Å². The number of hydrogen-bond donors (Lipinski definition) is 0. The number of benzene rings is 2. The molecule has 3 aromatic rings. The van der Waals surface area contributed by atoms with Gasteiger partial charge in [-0.05, 0) is 48.9 Å². The smallest absolute Gasteiger partial charge is 0.343 e. The first-order chi connectivity index (χ1) is 13.2. The summed E-state index contributed by atoms with van der Waals surface area (Å²) in [6, 6.07) is 14.8. The zero-order valence-corrected chi connectivity index (χ0v) is 15.3. The van der Waals surface area contributed by atoms with Crippen LogP contribution in [0.4, 0.5) is 0 Å². The van der Waals surface area contributed by atoms with E-state index in [1.165, 1.54) is 25.0 Å². The Kier molecular flexibility index (Phi) is 6.26. The van der Waals surface area contributed by atoms with Crippen LogP contribution in [-0.4, -0.2) is 12.6 Å². The molecular formula is C22H22O5. The Morgan fingerprint density at radius 3 is 2.44 bits per heavy atom. The van der Waals surface area contributed by atoms with E-state index in [1.54, 1.807) is 42.5 Å². The molecule has 3 rings (SSSR count). The molecule has 0 aliphatic heterocycles. The van der Waals surface area contributed by atoms with Gasteiger partial charge in [0, 0.05) is 17.5 Å². The average molecular weight is 366 g/mol. The largest absolute Gasteiger partial charge is 0.494 e. The summed E-state index contributed by atoms with van der Waals surface area (Å²) in [5, 5.41) is 0.759. The highest BCUT2D eigenvalue weighted by atomic mass is 16.5. The molecule has 2 aromatic carbocycles. The highest BCUT2D eigenvalue weighted by Crippen LogP contribution is 2.21. The zero-order chi connectivity index (χ0) is 19.1. The number of carbonyl (C=O) groups is 1. The Morgan fingerprint density at radius 2 is 1.67 bits per heavy atom. The van der Waals surface area contributed by atoms with Crippen molar-refractivity contribution < 1.29 is 18.7 Å². The van der Waals surface area contributed by atoms with Crippen LogP contribution >= 0.6 is 0 Å². The first-order valence-electron chi connectivity index (χ1n) is 9.14. The maximum absolute atomic E-state index is 12.3. The molecular weight excluding hydrogens is 344 g/mol. The average Bonchev–Trinajstić information content (AvgIpc) is 2.68. The van der Waals surface area contributed by atoms with Gasteiger partial charge < -0.3 is 13.9 Å². The fourth-order valence-corrected chi connectivity index (χ4v) is 2.68. The topological polar surface area (TPSA) is 65.7 Å². The summed E-state index contributed by atoms with van der Waals surface area (Å²) in [7, 11) is 0. The second-order valence-corrected chi connectivity index (χ2v) is 6.28. The van der Waals surface area contributed by atoms with E-state index in [2.05, 4.69) is 6.92 Å². The second-order valence-electron chi connectivity index (χ2n) is 6.28. The van der Waals surface area contributed by atoms with Gasteiger partial charge in [0.15, 0.2) is 0 Å². The monoisotopic (exact) mass is 366 g/mol. The fourth-order valence-electron chi connectivity index (χ4n) is 2.68. The van der Waals surface area contributed by atoms with Crippen LogP contribution < -0.4 is 15.1 Å². The normalized spacial score (nSPS) is 10.7. The molecule has 0 unspecified atom stereocenters. The minimum absolute atomic E-state index is 0.318. The van der Waals surface area contributed by atoms with Crippen LogP contribution in [0.25, 0.3) is 11.0 Å². The van der Waals surface area contributed by atoms with E-state index in [9.17, 15) is 9.59 Å². The molecule has 1 heterocycles. The summed E-state index contributed by atoms with van der Waals surface area (Å²) >= 11 is 0. The van der Waals surface area contributed by atoms with Crippen LogP contribution in [0.3, 0.4) is 0 Å². The lowest BCUT2D eigenvalue weighted by molar-refractivity contribution is 0.0735. The molecule has 5 nitrogen and oxygen atoms in total. The van der Waals surface area contributed by atoms with Crippen LogP contribution in [0, 0.1) is 0 Å². The molecule has 5 heteroatoms. The number of rotatable bonds is 8. The maximum atomic E-state index is 12.3. The number of unbranched alkanes of at least 4 members (excludes halogenated alkanes) is 3. The number of esters is 1. The molecule has 0 atom stereocenters. The van der Waals surface area contributed by atoms with Crippen LogP contribution in [0.5, 0.6) is 11.5 Å². The van der Waals surface area contributed by atoms with Crippen molar-refractivity contribution in [2.24, 2.45) is 0 Å². The van der Waals surface area contributed by atoms with Crippen molar-refractivity contribution in [3.8, 4) is 11.5 Å². The molecule has 0 aliphatic carbocycles. The van der Waals surface area contributed by atoms with E-state index < -0.39 is 11.6 Å². The predicted octanol–water partition coefficient (Wildman–Crippen LogP) is 4.97. The Hall–Kier alpha value is -3.08. The van der Waals surface area contributed by atoms with Gasteiger partial charge in [-0.3, -0.25) is 0 Å².